The van der Waals surface area contributed by atoms with E-state index in [2.05, 4.69) is 45.7 Å². The van der Waals surface area contributed by atoms with Crippen LogP contribution in [0.15, 0.2) is 16.6 Å². The SMILES string of the molecule is CC(C)CCC[C@@H](C)[C@H]1CC[C@H]2[C@@H]3CC=C4C[C@@H](OC(=O)[C@@H](N)CCCN=C(N)N)CC[C@]4(C)[C@H]3CC[C@]12C. The topological polar surface area (TPSA) is 117 Å². The van der Waals surface area contributed by atoms with E-state index in [0.717, 1.165) is 54.8 Å². The summed E-state index contributed by atoms with van der Waals surface area (Å²) in [6.45, 7) is 13.0. The summed E-state index contributed by atoms with van der Waals surface area (Å²) in [5.74, 6) is 4.83. The van der Waals surface area contributed by atoms with Gasteiger partial charge in [0.15, 0.2) is 5.96 Å². The van der Waals surface area contributed by atoms with Crippen molar-refractivity contribution >= 4 is 11.9 Å². The van der Waals surface area contributed by atoms with Crippen molar-refractivity contribution in [2.45, 2.75) is 130 Å². The van der Waals surface area contributed by atoms with Crippen molar-refractivity contribution in [1.29, 1.82) is 0 Å². The first kappa shape index (κ1) is 30.4. The molecule has 4 aliphatic rings. The largest absolute Gasteiger partial charge is 0.461 e. The monoisotopic (exact) mass is 542 g/mol. The van der Waals surface area contributed by atoms with E-state index in [-0.39, 0.29) is 23.4 Å². The predicted molar refractivity (Wildman–Crippen MR) is 161 cm³/mol. The third-order valence-electron chi connectivity index (χ3n) is 11.8. The number of fused-ring (bicyclic) bond motifs is 5. The van der Waals surface area contributed by atoms with Gasteiger partial charge in [0, 0.05) is 13.0 Å². The molecule has 0 radical (unpaired) electrons. The molecule has 0 aromatic carbocycles. The number of nitrogens with zero attached hydrogens (tertiary/aromatic N) is 1. The molecule has 0 aromatic heterocycles. The van der Waals surface area contributed by atoms with Crippen molar-refractivity contribution in [3.8, 4) is 0 Å². The van der Waals surface area contributed by atoms with Crippen LogP contribution < -0.4 is 17.2 Å². The maximum absolute atomic E-state index is 12.7. The highest BCUT2D eigenvalue weighted by Gasteiger charge is 2.59. The second kappa shape index (κ2) is 12.5. The Balaban J connectivity index is 1.35. The van der Waals surface area contributed by atoms with Gasteiger partial charge in [0.25, 0.3) is 0 Å². The normalized spacial score (nSPS) is 37.2. The fourth-order valence-corrected chi connectivity index (χ4v) is 9.64. The van der Waals surface area contributed by atoms with Gasteiger partial charge in [0.05, 0.1) is 0 Å². The highest BCUT2D eigenvalue weighted by Crippen LogP contribution is 2.67. The second-order valence-electron chi connectivity index (χ2n) is 14.6. The lowest BCUT2D eigenvalue weighted by molar-refractivity contribution is -0.153. The molecule has 0 unspecified atom stereocenters. The number of ether oxygens (including phenoxy) is 1. The fourth-order valence-electron chi connectivity index (χ4n) is 9.64. The van der Waals surface area contributed by atoms with Crippen LogP contribution in [-0.4, -0.2) is 30.6 Å². The van der Waals surface area contributed by atoms with Crippen molar-refractivity contribution in [1.82, 2.24) is 0 Å². The van der Waals surface area contributed by atoms with Gasteiger partial charge in [-0.05, 0) is 104 Å². The summed E-state index contributed by atoms with van der Waals surface area (Å²) in [6, 6.07) is -0.615. The highest BCUT2D eigenvalue weighted by atomic mass is 16.5. The lowest BCUT2D eigenvalue weighted by Crippen LogP contribution is -2.51. The van der Waals surface area contributed by atoms with Crippen molar-refractivity contribution in [3.63, 3.8) is 0 Å². The molecule has 4 aliphatic carbocycles. The molecular formula is C33H58N4O2. The molecule has 6 nitrogen and oxygen atoms in total. The Bertz CT molecular complexity index is 911. The van der Waals surface area contributed by atoms with Crippen LogP contribution in [0.25, 0.3) is 0 Å². The van der Waals surface area contributed by atoms with Crippen LogP contribution in [0.2, 0.25) is 0 Å². The predicted octanol–water partition coefficient (Wildman–Crippen LogP) is 6.32. The second-order valence-corrected chi connectivity index (χ2v) is 14.6. The highest BCUT2D eigenvalue weighted by molar-refractivity contribution is 5.76. The zero-order valence-electron chi connectivity index (χ0n) is 25.6. The first-order valence-corrected chi connectivity index (χ1v) is 16.2. The quantitative estimate of drug-likeness (QED) is 0.0928. The summed E-state index contributed by atoms with van der Waals surface area (Å²) in [7, 11) is 0. The van der Waals surface area contributed by atoms with Crippen LogP contribution in [0.3, 0.4) is 0 Å². The summed E-state index contributed by atoms with van der Waals surface area (Å²) in [6.07, 6.45) is 17.7. The summed E-state index contributed by atoms with van der Waals surface area (Å²) in [5, 5.41) is 0. The molecule has 0 amide bonds. The van der Waals surface area contributed by atoms with Gasteiger partial charge in [-0.15, -0.1) is 0 Å². The van der Waals surface area contributed by atoms with Crippen molar-refractivity contribution in [2.75, 3.05) is 6.54 Å². The Morgan fingerprint density at radius 3 is 2.51 bits per heavy atom. The standard InChI is InChI=1S/C33H58N4O2/c1-21(2)8-6-9-22(3)26-13-14-27-25-12-11-23-20-24(39-30(38)29(34)10-7-19-37-31(35)36)15-17-32(23,4)28(25)16-18-33(26,27)5/h11,21-22,24-29H,6-10,12-20,34H2,1-5H3,(H4,35,36,37)/t22-,24+,25+,26-,27+,28+,29+,32+,33-/m1/s1. The molecule has 222 valence electrons. The summed E-state index contributed by atoms with van der Waals surface area (Å²) in [5.41, 5.74) is 19.2. The average molecular weight is 543 g/mol. The number of esters is 1. The molecule has 0 heterocycles. The van der Waals surface area contributed by atoms with Crippen LogP contribution in [0.4, 0.5) is 0 Å². The van der Waals surface area contributed by atoms with Gasteiger partial charge in [0.1, 0.15) is 12.1 Å². The Morgan fingerprint density at radius 2 is 1.79 bits per heavy atom. The Labute approximate surface area is 238 Å². The summed E-state index contributed by atoms with van der Waals surface area (Å²) >= 11 is 0. The van der Waals surface area contributed by atoms with Gasteiger partial charge in [-0.2, -0.15) is 0 Å². The summed E-state index contributed by atoms with van der Waals surface area (Å²) < 4.78 is 5.94. The van der Waals surface area contributed by atoms with Gasteiger partial charge in [0.2, 0.25) is 0 Å². The van der Waals surface area contributed by atoms with Crippen molar-refractivity contribution in [2.24, 2.45) is 68.5 Å². The fraction of sp³-hybridized carbons (Fsp3) is 0.879. The van der Waals surface area contributed by atoms with E-state index in [4.69, 9.17) is 21.9 Å². The van der Waals surface area contributed by atoms with Crippen LogP contribution >= 0.6 is 0 Å². The number of rotatable bonds is 11. The van der Waals surface area contributed by atoms with E-state index >= 15 is 0 Å². The Kier molecular flexibility index (Phi) is 9.77. The Hall–Kier alpha value is -1.56. The maximum Gasteiger partial charge on any atom is 0.323 e. The molecule has 3 saturated carbocycles. The number of allylic oxidation sites excluding steroid dienone is 1. The van der Waals surface area contributed by atoms with Gasteiger partial charge in [-0.3, -0.25) is 9.79 Å². The Morgan fingerprint density at radius 1 is 1.03 bits per heavy atom. The molecule has 3 fully saturated rings. The van der Waals surface area contributed by atoms with E-state index in [1.165, 1.54) is 51.4 Å². The van der Waals surface area contributed by atoms with E-state index in [1.54, 1.807) is 5.57 Å². The number of carbonyl (C=O) groups excluding carboxylic acids is 1. The van der Waals surface area contributed by atoms with Gasteiger partial charge in [-0.1, -0.05) is 65.5 Å². The van der Waals surface area contributed by atoms with Crippen LogP contribution in [-0.2, 0) is 9.53 Å². The molecule has 6 heteroatoms. The molecule has 0 saturated heterocycles. The minimum atomic E-state index is -0.615. The molecule has 39 heavy (non-hydrogen) atoms. The minimum Gasteiger partial charge on any atom is -0.461 e. The molecular weight excluding hydrogens is 484 g/mol. The number of nitrogens with two attached hydrogens (primary N) is 3. The van der Waals surface area contributed by atoms with Gasteiger partial charge in [-0.25, -0.2) is 0 Å². The third-order valence-corrected chi connectivity index (χ3v) is 11.8. The van der Waals surface area contributed by atoms with E-state index in [9.17, 15) is 4.79 Å². The average Bonchev–Trinajstić information content (AvgIpc) is 3.23. The van der Waals surface area contributed by atoms with Gasteiger partial charge >= 0.3 is 5.97 Å². The smallest absolute Gasteiger partial charge is 0.323 e. The lowest BCUT2D eigenvalue weighted by Gasteiger charge is -2.58. The van der Waals surface area contributed by atoms with Crippen LogP contribution in [0, 0.1) is 46.3 Å². The van der Waals surface area contributed by atoms with E-state index < -0.39 is 6.04 Å². The zero-order chi connectivity index (χ0) is 28.4. The van der Waals surface area contributed by atoms with Crippen LogP contribution in [0.5, 0.6) is 0 Å². The lowest BCUT2D eigenvalue weighted by atomic mass is 9.47. The maximum atomic E-state index is 12.7. The molecule has 0 bridgehead atoms. The molecule has 0 spiro atoms. The number of hydrogen-bond donors (Lipinski definition) is 3. The number of guanidine groups is 1. The molecule has 6 N–H and O–H groups in total. The van der Waals surface area contributed by atoms with E-state index in [0.29, 0.717) is 24.8 Å². The first-order valence-electron chi connectivity index (χ1n) is 16.2. The van der Waals surface area contributed by atoms with Crippen LogP contribution in [0.1, 0.15) is 118 Å². The molecule has 9 atom stereocenters. The van der Waals surface area contributed by atoms with Crippen molar-refractivity contribution < 1.29 is 9.53 Å². The zero-order valence-corrected chi connectivity index (χ0v) is 25.6. The number of aliphatic imine (C=N–C) groups is 1. The first-order chi connectivity index (χ1) is 18.5. The number of carbonyl (C=O) groups is 1. The summed E-state index contributed by atoms with van der Waals surface area (Å²) in [4.78, 5) is 16.7. The number of hydrogen-bond acceptors (Lipinski definition) is 4. The third kappa shape index (κ3) is 6.52. The van der Waals surface area contributed by atoms with Crippen molar-refractivity contribution in [3.05, 3.63) is 11.6 Å². The van der Waals surface area contributed by atoms with E-state index in [1.807, 2.05) is 0 Å². The molecule has 4 rings (SSSR count). The molecule has 0 aromatic rings. The molecule has 0 aliphatic heterocycles. The minimum absolute atomic E-state index is 0.0476. The van der Waals surface area contributed by atoms with Gasteiger partial charge < -0.3 is 21.9 Å².